The molecule has 2 fully saturated rings. The van der Waals surface area contributed by atoms with Gasteiger partial charge in [-0.25, -0.2) is 8.42 Å². The number of thioether (sulfide) groups is 1. The summed E-state index contributed by atoms with van der Waals surface area (Å²) in [5.41, 5.74) is 1.39. The number of ether oxygens (including phenoxy) is 1. The van der Waals surface area contributed by atoms with Gasteiger partial charge >= 0.3 is 0 Å². The fourth-order valence-corrected chi connectivity index (χ4v) is 7.84. The Hall–Kier alpha value is -1.74. The summed E-state index contributed by atoms with van der Waals surface area (Å²) in [6, 6.07) is 11.8. The highest BCUT2D eigenvalue weighted by Crippen LogP contribution is 2.44. The van der Waals surface area contributed by atoms with E-state index in [0.717, 1.165) is 5.56 Å². The van der Waals surface area contributed by atoms with Gasteiger partial charge in [-0.1, -0.05) is 47.1 Å². The Morgan fingerprint density at radius 2 is 1.87 bits per heavy atom. The summed E-state index contributed by atoms with van der Waals surface area (Å²) in [4.78, 5) is 18.8. The SMILES string of the molecule is COc1ccc(Cl)cc1N1C(=NC(=O)Cc2ccc(Cl)cc2)S[C@H]2CS(=O)(=O)C[C@@H]21. The molecule has 2 aromatic carbocycles. The second-order valence-corrected chi connectivity index (χ2v) is 11.3. The molecule has 2 atom stereocenters. The smallest absolute Gasteiger partial charge is 0.252 e. The number of fused-ring (bicyclic) bond motifs is 1. The number of amidine groups is 1. The van der Waals surface area contributed by atoms with Crippen LogP contribution in [-0.2, 0) is 21.1 Å². The molecule has 2 aromatic rings. The number of hydrogen-bond acceptors (Lipinski definition) is 5. The number of nitrogens with zero attached hydrogens (tertiary/aromatic N) is 2. The summed E-state index contributed by atoms with van der Waals surface area (Å²) < 4.78 is 29.9. The Morgan fingerprint density at radius 1 is 1.17 bits per heavy atom. The largest absolute Gasteiger partial charge is 0.495 e. The van der Waals surface area contributed by atoms with Gasteiger partial charge in [-0.3, -0.25) is 4.79 Å². The van der Waals surface area contributed by atoms with Gasteiger partial charge in [0.05, 0.1) is 36.8 Å². The molecule has 0 aromatic heterocycles. The summed E-state index contributed by atoms with van der Waals surface area (Å²) in [6.07, 6.45) is 0.120. The Bertz CT molecular complexity index is 1120. The van der Waals surface area contributed by atoms with Crippen LogP contribution in [0.2, 0.25) is 10.0 Å². The van der Waals surface area contributed by atoms with Gasteiger partial charge in [0.2, 0.25) is 0 Å². The first kappa shape index (κ1) is 21.5. The van der Waals surface area contributed by atoms with E-state index < -0.39 is 9.84 Å². The van der Waals surface area contributed by atoms with Crippen molar-refractivity contribution in [1.29, 1.82) is 0 Å². The molecule has 158 valence electrons. The molecule has 0 bridgehead atoms. The standard InChI is InChI=1S/C20H18Cl2N2O4S2/c1-28-17-7-6-14(22)9-15(17)24-16-10-30(26,27)11-18(16)29-20(24)23-19(25)8-12-2-4-13(21)5-3-12/h2-7,9,16,18H,8,10-11H2,1H3/t16-,18-/m0/s1. The first-order valence-corrected chi connectivity index (χ1v) is 12.6. The lowest BCUT2D eigenvalue weighted by Gasteiger charge is -2.26. The number of anilines is 1. The first-order valence-electron chi connectivity index (χ1n) is 9.11. The van der Waals surface area contributed by atoms with Gasteiger partial charge in [0.1, 0.15) is 5.75 Å². The fraction of sp³-hybridized carbons (Fsp3) is 0.300. The number of hydrogen-bond donors (Lipinski definition) is 0. The van der Waals surface area contributed by atoms with Crippen molar-refractivity contribution in [3.8, 4) is 5.75 Å². The van der Waals surface area contributed by atoms with Gasteiger partial charge in [0.25, 0.3) is 5.91 Å². The van der Waals surface area contributed by atoms with Gasteiger partial charge in [-0.05, 0) is 35.9 Å². The molecule has 0 radical (unpaired) electrons. The molecule has 2 saturated heterocycles. The van der Waals surface area contributed by atoms with Crippen LogP contribution in [-0.4, -0.2) is 49.4 Å². The average Bonchev–Trinajstić information content (AvgIpc) is 3.14. The van der Waals surface area contributed by atoms with Crippen molar-refractivity contribution in [2.75, 3.05) is 23.5 Å². The lowest BCUT2D eigenvalue weighted by Crippen LogP contribution is -2.38. The minimum Gasteiger partial charge on any atom is -0.495 e. The van der Waals surface area contributed by atoms with Crippen LogP contribution >= 0.6 is 35.0 Å². The maximum Gasteiger partial charge on any atom is 0.252 e. The van der Waals surface area contributed by atoms with Gasteiger partial charge in [0.15, 0.2) is 15.0 Å². The summed E-state index contributed by atoms with van der Waals surface area (Å²) in [5.74, 6) is 0.244. The van der Waals surface area contributed by atoms with E-state index >= 15 is 0 Å². The zero-order chi connectivity index (χ0) is 21.5. The van der Waals surface area contributed by atoms with E-state index in [1.165, 1.54) is 18.9 Å². The second-order valence-electron chi connectivity index (χ2n) is 7.08. The number of benzene rings is 2. The fourth-order valence-electron chi connectivity index (χ4n) is 3.62. The minimum absolute atomic E-state index is 0.00920. The number of carbonyl (C=O) groups is 1. The monoisotopic (exact) mass is 484 g/mol. The number of methoxy groups -OCH3 is 1. The van der Waals surface area contributed by atoms with Gasteiger partial charge in [-0.2, -0.15) is 4.99 Å². The normalized spacial score (nSPS) is 23.6. The van der Waals surface area contributed by atoms with Crippen molar-refractivity contribution in [3.05, 3.63) is 58.1 Å². The lowest BCUT2D eigenvalue weighted by molar-refractivity contribution is -0.117. The lowest BCUT2D eigenvalue weighted by atomic mass is 10.1. The van der Waals surface area contributed by atoms with Crippen molar-refractivity contribution in [2.24, 2.45) is 4.99 Å². The van der Waals surface area contributed by atoms with E-state index in [0.29, 0.717) is 26.6 Å². The Balaban J connectivity index is 1.69. The molecule has 30 heavy (non-hydrogen) atoms. The molecule has 10 heteroatoms. The van der Waals surface area contributed by atoms with Crippen LogP contribution in [0.3, 0.4) is 0 Å². The summed E-state index contributed by atoms with van der Waals surface area (Å²) >= 11 is 13.4. The summed E-state index contributed by atoms with van der Waals surface area (Å²) in [5, 5.41) is 1.32. The van der Waals surface area contributed by atoms with Crippen molar-refractivity contribution >= 4 is 61.6 Å². The third-order valence-electron chi connectivity index (χ3n) is 4.96. The Morgan fingerprint density at radius 3 is 2.57 bits per heavy atom. The topological polar surface area (TPSA) is 76.0 Å². The predicted octanol–water partition coefficient (Wildman–Crippen LogP) is 3.85. The minimum atomic E-state index is -3.17. The molecule has 2 aliphatic rings. The zero-order valence-electron chi connectivity index (χ0n) is 15.9. The van der Waals surface area contributed by atoms with Gasteiger partial charge in [0, 0.05) is 15.3 Å². The van der Waals surface area contributed by atoms with Crippen LogP contribution < -0.4 is 9.64 Å². The summed E-state index contributed by atoms with van der Waals surface area (Å²) in [6.45, 7) is 0. The molecule has 6 nitrogen and oxygen atoms in total. The summed E-state index contributed by atoms with van der Waals surface area (Å²) in [7, 11) is -1.64. The van der Waals surface area contributed by atoms with Crippen LogP contribution in [0, 0.1) is 0 Å². The van der Waals surface area contributed by atoms with Crippen molar-refractivity contribution in [2.45, 2.75) is 17.7 Å². The highest BCUT2D eigenvalue weighted by atomic mass is 35.5. The molecule has 2 aliphatic heterocycles. The molecule has 0 saturated carbocycles. The van der Waals surface area contributed by atoms with Crippen LogP contribution in [0.15, 0.2) is 47.5 Å². The van der Waals surface area contributed by atoms with Gasteiger partial charge in [-0.15, -0.1) is 0 Å². The van der Waals surface area contributed by atoms with Crippen LogP contribution in [0.25, 0.3) is 0 Å². The van der Waals surface area contributed by atoms with Crippen LogP contribution in [0.4, 0.5) is 5.69 Å². The third kappa shape index (κ3) is 4.46. The number of carbonyl (C=O) groups excluding carboxylic acids is 1. The molecule has 1 amide bonds. The molecule has 0 aliphatic carbocycles. The van der Waals surface area contributed by atoms with E-state index in [4.69, 9.17) is 27.9 Å². The molecular weight excluding hydrogens is 467 g/mol. The number of halogens is 2. The maximum atomic E-state index is 12.7. The number of aliphatic imine (C=N–C) groups is 1. The first-order chi connectivity index (χ1) is 14.3. The van der Waals surface area contributed by atoms with E-state index in [1.807, 2.05) is 0 Å². The number of amides is 1. The maximum absolute atomic E-state index is 12.7. The zero-order valence-corrected chi connectivity index (χ0v) is 19.1. The highest BCUT2D eigenvalue weighted by molar-refractivity contribution is 8.16. The van der Waals surface area contributed by atoms with Gasteiger partial charge < -0.3 is 9.64 Å². The van der Waals surface area contributed by atoms with Crippen molar-refractivity contribution in [3.63, 3.8) is 0 Å². The van der Waals surface area contributed by atoms with E-state index in [1.54, 1.807) is 47.4 Å². The molecule has 4 rings (SSSR count). The second kappa shape index (κ2) is 8.42. The Kier molecular flexibility index (Phi) is 6.03. The quantitative estimate of drug-likeness (QED) is 0.655. The molecule has 0 unspecified atom stereocenters. The third-order valence-corrected chi connectivity index (χ3v) is 8.65. The van der Waals surface area contributed by atoms with Crippen LogP contribution in [0.1, 0.15) is 5.56 Å². The van der Waals surface area contributed by atoms with E-state index in [-0.39, 0.29) is 35.1 Å². The number of sulfone groups is 1. The average molecular weight is 485 g/mol. The van der Waals surface area contributed by atoms with Crippen LogP contribution in [0.5, 0.6) is 5.75 Å². The molecular formula is C20H18Cl2N2O4S2. The molecule has 0 spiro atoms. The Labute approximate surface area is 189 Å². The number of rotatable bonds is 4. The van der Waals surface area contributed by atoms with E-state index in [2.05, 4.69) is 4.99 Å². The van der Waals surface area contributed by atoms with Crippen molar-refractivity contribution < 1.29 is 17.9 Å². The van der Waals surface area contributed by atoms with E-state index in [9.17, 15) is 13.2 Å². The molecule has 0 N–H and O–H groups in total. The van der Waals surface area contributed by atoms with Crippen molar-refractivity contribution in [1.82, 2.24) is 0 Å². The predicted molar refractivity (Wildman–Crippen MR) is 122 cm³/mol. The molecule has 2 heterocycles. The highest BCUT2D eigenvalue weighted by Gasteiger charge is 2.50.